The Balaban J connectivity index is 1.46. The van der Waals surface area contributed by atoms with Gasteiger partial charge in [-0.15, -0.1) is 0 Å². The van der Waals surface area contributed by atoms with Gasteiger partial charge in [-0.3, -0.25) is 14.5 Å². The summed E-state index contributed by atoms with van der Waals surface area (Å²) in [6.45, 7) is 8.46. The molecule has 0 unspecified atom stereocenters. The van der Waals surface area contributed by atoms with Crippen molar-refractivity contribution in [1.29, 1.82) is 0 Å². The number of ether oxygens (including phenoxy) is 3. The Kier molecular flexibility index (Phi) is 9.64. The molecule has 9 heteroatoms. The molecule has 43 heavy (non-hydrogen) atoms. The molecule has 5 rings (SSSR count). The predicted octanol–water partition coefficient (Wildman–Crippen LogP) is 4.82. The summed E-state index contributed by atoms with van der Waals surface area (Å²) >= 11 is 0. The highest BCUT2D eigenvalue weighted by molar-refractivity contribution is 6.46. The number of benzene rings is 3. The Bertz CT molecular complexity index is 1480. The number of aryl methyl sites for hydroxylation is 1. The van der Waals surface area contributed by atoms with Crippen LogP contribution in [0.15, 0.2) is 72.3 Å². The van der Waals surface area contributed by atoms with Crippen molar-refractivity contribution in [2.24, 2.45) is 0 Å². The van der Waals surface area contributed by atoms with Crippen LogP contribution < -0.4 is 9.47 Å². The van der Waals surface area contributed by atoms with E-state index >= 15 is 0 Å². The third-order valence-electron chi connectivity index (χ3n) is 7.80. The second-order valence-corrected chi connectivity index (χ2v) is 10.7. The fourth-order valence-electron chi connectivity index (χ4n) is 5.57. The minimum Gasteiger partial charge on any atom is -0.507 e. The van der Waals surface area contributed by atoms with Gasteiger partial charge < -0.3 is 29.3 Å². The highest BCUT2D eigenvalue weighted by atomic mass is 16.5. The van der Waals surface area contributed by atoms with E-state index in [1.165, 1.54) is 11.0 Å². The number of phenols is 1. The zero-order valence-corrected chi connectivity index (χ0v) is 24.6. The summed E-state index contributed by atoms with van der Waals surface area (Å²) in [5, 5.41) is 21.9. The van der Waals surface area contributed by atoms with E-state index in [0.717, 1.165) is 30.8 Å². The van der Waals surface area contributed by atoms with E-state index in [1.54, 1.807) is 37.3 Å². The van der Waals surface area contributed by atoms with Crippen molar-refractivity contribution in [1.82, 2.24) is 9.80 Å². The molecule has 0 spiro atoms. The van der Waals surface area contributed by atoms with Gasteiger partial charge in [-0.1, -0.05) is 36.4 Å². The molecule has 226 valence electrons. The Hall–Kier alpha value is -4.34. The van der Waals surface area contributed by atoms with Crippen LogP contribution in [-0.2, 0) is 20.9 Å². The number of phenolic OH excluding ortho intramolecular Hbond substituents is 1. The van der Waals surface area contributed by atoms with Crippen LogP contribution in [0.25, 0.3) is 5.76 Å². The van der Waals surface area contributed by atoms with Gasteiger partial charge in [-0.05, 0) is 67.3 Å². The molecule has 0 aromatic heterocycles. The monoisotopic (exact) mass is 586 g/mol. The van der Waals surface area contributed by atoms with Gasteiger partial charge in [0.05, 0.1) is 31.4 Å². The van der Waals surface area contributed by atoms with Gasteiger partial charge >= 0.3 is 0 Å². The topological polar surface area (TPSA) is 109 Å². The quantitative estimate of drug-likeness (QED) is 0.187. The van der Waals surface area contributed by atoms with Crippen molar-refractivity contribution < 1.29 is 34.0 Å². The molecule has 2 N–H and O–H groups in total. The molecule has 0 saturated carbocycles. The summed E-state index contributed by atoms with van der Waals surface area (Å²) in [4.78, 5) is 30.7. The first-order valence-corrected chi connectivity index (χ1v) is 14.7. The van der Waals surface area contributed by atoms with Gasteiger partial charge in [0.2, 0.25) is 0 Å². The number of aliphatic hydroxyl groups is 1. The smallest absolute Gasteiger partial charge is 0.295 e. The lowest BCUT2D eigenvalue weighted by atomic mass is 9.94. The van der Waals surface area contributed by atoms with Crippen LogP contribution in [0.3, 0.4) is 0 Å². The van der Waals surface area contributed by atoms with Gasteiger partial charge in [0, 0.05) is 31.7 Å². The number of morpholine rings is 1. The number of hydrogen-bond donors (Lipinski definition) is 2. The maximum absolute atomic E-state index is 13.5. The zero-order valence-electron chi connectivity index (χ0n) is 24.6. The fourth-order valence-corrected chi connectivity index (χ4v) is 5.57. The van der Waals surface area contributed by atoms with Gasteiger partial charge in [-0.25, -0.2) is 0 Å². The van der Waals surface area contributed by atoms with Crippen molar-refractivity contribution in [3.05, 3.63) is 94.6 Å². The largest absolute Gasteiger partial charge is 0.507 e. The van der Waals surface area contributed by atoms with Crippen LogP contribution in [-0.4, -0.2) is 77.7 Å². The average molecular weight is 587 g/mol. The molecule has 3 aromatic carbocycles. The van der Waals surface area contributed by atoms with Crippen LogP contribution >= 0.6 is 0 Å². The number of carbonyl (C=O) groups is 2. The van der Waals surface area contributed by atoms with Crippen LogP contribution in [0, 0.1) is 6.92 Å². The minimum atomic E-state index is -0.848. The fraction of sp³-hybridized carbons (Fsp3) is 0.353. The molecule has 0 bridgehead atoms. The number of Topliss-reactive ketones (excluding diaryl/α,β-unsaturated/α-hetero) is 1. The van der Waals surface area contributed by atoms with E-state index in [9.17, 15) is 19.8 Å². The first-order chi connectivity index (χ1) is 20.9. The van der Waals surface area contributed by atoms with E-state index in [-0.39, 0.29) is 22.8 Å². The van der Waals surface area contributed by atoms with Crippen LogP contribution in [0.2, 0.25) is 0 Å². The maximum Gasteiger partial charge on any atom is 0.295 e. The molecule has 2 fully saturated rings. The van der Waals surface area contributed by atoms with Crippen molar-refractivity contribution in [3.8, 4) is 17.2 Å². The Morgan fingerprint density at radius 2 is 1.72 bits per heavy atom. The van der Waals surface area contributed by atoms with Gasteiger partial charge in [0.15, 0.2) is 11.5 Å². The summed E-state index contributed by atoms with van der Waals surface area (Å²) in [5.41, 5.74) is 2.78. The van der Waals surface area contributed by atoms with Crippen LogP contribution in [0.4, 0.5) is 0 Å². The lowest BCUT2D eigenvalue weighted by Gasteiger charge is -2.29. The normalized spacial score (nSPS) is 18.7. The molecule has 2 aliphatic heterocycles. The van der Waals surface area contributed by atoms with E-state index in [2.05, 4.69) is 4.90 Å². The second kappa shape index (κ2) is 13.8. The number of nitrogens with zero attached hydrogens (tertiary/aromatic N) is 2. The third-order valence-corrected chi connectivity index (χ3v) is 7.80. The number of likely N-dealkylation sites (tertiary alicyclic amines) is 1. The third kappa shape index (κ3) is 6.84. The van der Waals surface area contributed by atoms with E-state index in [1.807, 2.05) is 37.3 Å². The lowest BCUT2D eigenvalue weighted by molar-refractivity contribution is -0.140. The Labute approximate surface area is 251 Å². The molecule has 2 saturated heterocycles. The van der Waals surface area contributed by atoms with Crippen molar-refractivity contribution in [3.63, 3.8) is 0 Å². The Morgan fingerprint density at radius 3 is 2.44 bits per heavy atom. The summed E-state index contributed by atoms with van der Waals surface area (Å²) in [6.07, 6.45) is 0.645. The average Bonchev–Trinajstić information content (AvgIpc) is 3.27. The van der Waals surface area contributed by atoms with Gasteiger partial charge in [0.25, 0.3) is 11.7 Å². The van der Waals surface area contributed by atoms with Crippen LogP contribution in [0.5, 0.6) is 17.2 Å². The summed E-state index contributed by atoms with van der Waals surface area (Å²) in [6, 6.07) is 18.9. The van der Waals surface area contributed by atoms with E-state index < -0.39 is 17.7 Å². The maximum atomic E-state index is 13.5. The molecular weight excluding hydrogens is 548 g/mol. The second-order valence-electron chi connectivity index (χ2n) is 10.7. The van der Waals surface area contributed by atoms with Crippen molar-refractivity contribution in [2.75, 3.05) is 46.0 Å². The number of rotatable bonds is 11. The zero-order chi connectivity index (χ0) is 30.3. The standard InChI is InChI=1S/C34H38N2O7/c1-3-42-29-21-25(10-12-27(29)37)31-30(33(39)34(40)36(31)15-7-14-35-16-18-41-19-17-35)32(38)26-11-13-28(23(2)20-26)43-22-24-8-5-4-6-9-24/h4-6,8-13,20-21,31,37-38H,3,7,14-19,22H2,1-2H3/t31-/m1/s1. The number of carbonyl (C=O) groups excluding carboxylic acids is 2. The van der Waals surface area contributed by atoms with Crippen LogP contribution in [0.1, 0.15) is 41.6 Å². The number of amides is 1. The first-order valence-electron chi connectivity index (χ1n) is 14.7. The summed E-state index contributed by atoms with van der Waals surface area (Å²) in [7, 11) is 0. The van der Waals surface area contributed by atoms with E-state index in [0.29, 0.717) is 56.3 Å². The van der Waals surface area contributed by atoms with Crippen molar-refractivity contribution in [2.45, 2.75) is 32.9 Å². The molecule has 1 amide bonds. The molecule has 3 aromatic rings. The molecule has 0 aliphatic carbocycles. The number of aliphatic hydroxyl groups excluding tert-OH is 1. The molecule has 9 nitrogen and oxygen atoms in total. The SMILES string of the molecule is CCOc1cc([C@@H]2C(=C(O)c3ccc(OCc4ccccc4)c(C)c3)C(=O)C(=O)N2CCCN2CCOCC2)ccc1O. The first kappa shape index (κ1) is 30.1. The Morgan fingerprint density at radius 1 is 0.953 bits per heavy atom. The number of hydrogen-bond acceptors (Lipinski definition) is 8. The number of ketones is 1. The lowest BCUT2D eigenvalue weighted by Crippen LogP contribution is -2.38. The molecule has 2 aliphatic rings. The predicted molar refractivity (Wildman–Crippen MR) is 162 cm³/mol. The summed E-state index contributed by atoms with van der Waals surface area (Å²) in [5.74, 6) is -0.824. The van der Waals surface area contributed by atoms with Gasteiger partial charge in [-0.2, -0.15) is 0 Å². The van der Waals surface area contributed by atoms with E-state index in [4.69, 9.17) is 14.2 Å². The molecule has 1 atom stereocenters. The number of aromatic hydroxyl groups is 1. The molecule has 0 radical (unpaired) electrons. The van der Waals surface area contributed by atoms with Crippen molar-refractivity contribution >= 4 is 17.4 Å². The molecular formula is C34H38N2O7. The highest BCUT2D eigenvalue weighted by Crippen LogP contribution is 2.42. The van der Waals surface area contributed by atoms with Gasteiger partial charge in [0.1, 0.15) is 18.1 Å². The summed E-state index contributed by atoms with van der Waals surface area (Å²) < 4.78 is 17.0. The highest BCUT2D eigenvalue weighted by Gasteiger charge is 2.46. The minimum absolute atomic E-state index is 0.00173. The molecule has 2 heterocycles.